The van der Waals surface area contributed by atoms with Crippen LogP contribution in [0, 0.1) is 5.92 Å². The van der Waals surface area contributed by atoms with E-state index >= 15 is 0 Å². The highest BCUT2D eigenvalue weighted by molar-refractivity contribution is 9.10. The lowest BCUT2D eigenvalue weighted by molar-refractivity contribution is -0.117. The third-order valence-electron chi connectivity index (χ3n) is 3.66. The molecule has 1 unspecified atom stereocenters. The van der Waals surface area contributed by atoms with Crippen molar-refractivity contribution in [1.29, 1.82) is 0 Å². The fourth-order valence-electron chi connectivity index (χ4n) is 2.63. The Morgan fingerprint density at radius 2 is 2.27 bits per heavy atom. The van der Waals surface area contributed by atoms with Crippen molar-refractivity contribution < 1.29 is 4.79 Å². The van der Waals surface area contributed by atoms with E-state index in [-0.39, 0.29) is 11.8 Å². The SMILES string of the molecule is [N-]=[N+]=NCC1CC(=O)N(c2[nH]ncc2-c2ccccc2Br)C1. The highest BCUT2D eigenvalue weighted by atomic mass is 79.9. The van der Waals surface area contributed by atoms with Gasteiger partial charge in [0.05, 0.1) is 6.20 Å². The number of H-pyrrole nitrogens is 1. The molecule has 0 aliphatic carbocycles. The number of nitrogens with zero attached hydrogens (tertiary/aromatic N) is 5. The van der Waals surface area contributed by atoms with E-state index < -0.39 is 0 Å². The highest BCUT2D eigenvalue weighted by Crippen LogP contribution is 2.36. The van der Waals surface area contributed by atoms with Crippen LogP contribution in [0.1, 0.15) is 6.42 Å². The van der Waals surface area contributed by atoms with Crippen molar-refractivity contribution in [3.8, 4) is 11.1 Å². The van der Waals surface area contributed by atoms with Crippen LogP contribution in [0.2, 0.25) is 0 Å². The number of carbonyl (C=O) groups is 1. The maximum Gasteiger partial charge on any atom is 0.228 e. The van der Waals surface area contributed by atoms with Gasteiger partial charge in [0.25, 0.3) is 0 Å². The van der Waals surface area contributed by atoms with Crippen LogP contribution in [-0.4, -0.2) is 29.2 Å². The van der Waals surface area contributed by atoms with E-state index in [1.165, 1.54) is 0 Å². The minimum Gasteiger partial charge on any atom is -0.296 e. The van der Waals surface area contributed by atoms with Crippen molar-refractivity contribution in [1.82, 2.24) is 10.2 Å². The molecular formula is C14H13BrN6O. The molecule has 1 aliphatic heterocycles. The van der Waals surface area contributed by atoms with Crippen LogP contribution in [-0.2, 0) is 4.79 Å². The predicted molar refractivity (Wildman–Crippen MR) is 86.2 cm³/mol. The lowest BCUT2D eigenvalue weighted by Crippen LogP contribution is -2.25. The summed E-state index contributed by atoms with van der Waals surface area (Å²) >= 11 is 3.52. The topological polar surface area (TPSA) is 97.8 Å². The van der Waals surface area contributed by atoms with E-state index in [1.54, 1.807) is 11.1 Å². The first kappa shape index (κ1) is 14.6. The van der Waals surface area contributed by atoms with Gasteiger partial charge in [-0.05, 0) is 17.5 Å². The van der Waals surface area contributed by atoms with Gasteiger partial charge in [0.2, 0.25) is 5.91 Å². The zero-order valence-corrected chi connectivity index (χ0v) is 13.2. The number of anilines is 1. The van der Waals surface area contributed by atoms with E-state index in [1.807, 2.05) is 24.3 Å². The molecule has 1 N–H and O–H groups in total. The largest absolute Gasteiger partial charge is 0.296 e. The first-order valence-corrected chi connectivity index (χ1v) is 7.59. The summed E-state index contributed by atoms with van der Waals surface area (Å²) in [5.41, 5.74) is 10.2. The lowest BCUT2D eigenvalue weighted by Gasteiger charge is -2.16. The number of hydrogen-bond acceptors (Lipinski definition) is 3. The molecule has 1 fully saturated rings. The third kappa shape index (κ3) is 2.70. The standard InChI is InChI=1S/C14H13BrN6O/c15-12-4-2-1-3-10(12)11-7-17-19-14(11)21-8-9(5-13(21)22)6-18-20-16/h1-4,7,9H,5-6,8H2,(H,17,19). The number of benzene rings is 1. The van der Waals surface area contributed by atoms with Crippen LogP contribution in [0.5, 0.6) is 0 Å². The molecule has 1 amide bonds. The molecule has 0 saturated carbocycles. The molecule has 1 aromatic heterocycles. The number of azide groups is 1. The van der Waals surface area contributed by atoms with E-state index in [2.05, 4.69) is 36.2 Å². The van der Waals surface area contributed by atoms with E-state index in [0.717, 1.165) is 15.6 Å². The molecule has 7 nitrogen and oxygen atoms in total. The molecule has 1 atom stereocenters. The predicted octanol–water partition coefficient (Wildman–Crippen LogP) is 3.50. The molecule has 1 aliphatic rings. The molecule has 22 heavy (non-hydrogen) atoms. The van der Waals surface area contributed by atoms with Gasteiger partial charge in [0, 0.05) is 40.0 Å². The van der Waals surface area contributed by atoms with Crippen molar-refractivity contribution in [2.45, 2.75) is 6.42 Å². The van der Waals surface area contributed by atoms with Crippen LogP contribution < -0.4 is 4.90 Å². The number of carbonyl (C=O) groups excluding carboxylic acids is 1. The van der Waals surface area contributed by atoms with Gasteiger partial charge in [-0.1, -0.05) is 39.2 Å². The molecule has 2 aromatic rings. The van der Waals surface area contributed by atoms with Crippen molar-refractivity contribution in [3.05, 3.63) is 45.4 Å². The molecule has 0 bridgehead atoms. The Kier molecular flexibility index (Phi) is 4.13. The van der Waals surface area contributed by atoms with Crippen LogP contribution in [0.3, 0.4) is 0 Å². The summed E-state index contributed by atoms with van der Waals surface area (Å²) < 4.78 is 0.940. The molecule has 0 spiro atoms. The van der Waals surface area contributed by atoms with Crippen LogP contribution in [0.15, 0.2) is 40.0 Å². The molecule has 1 saturated heterocycles. The first-order valence-electron chi connectivity index (χ1n) is 6.80. The number of aromatic amines is 1. The number of amides is 1. The molecule has 1 aromatic carbocycles. The van der Waals surface area contributed by atoms with E-state index in [0.29, 0.717) is 25.3 Å². The van der Waals surface area contributed by atoms with Gasteiger partial charge < -0.3 is 0 Å². The van der Waals surface area contributed by atoms with Gasteiger partial charge in [-0.3, -0.25) is 14.8 Å². The normalized spacial score (nSPS) is 17.6. The molecule has 3 rings (SSSR count). The molecule has 8 heteroatoms. The van der Waals surface area contributed by atoms with E-state index in [4.69, 9.17) is 5.53 Å². The van der Waals surface area contributed by atoms with Gasteiger partial charge in [-0.15, -0.1) is 0 Å². The Morgan fingerprint density at radius 1 is 1.45 bits per heavy atom. The van der Waals surface area contributed by atoms with Crippen LogP contribution in [0.4, 0.5) is 5.82 Å². The zero-order chi connectivity index (χ0) is 15.5. The summed E-state index contributed by atoms with van der Waals surface area (Å²) in [6.07, 6.45) is 2.09. The molecular weight excluding hydrogens is 348 g/mol. The number of hydrogen-bond donors (Lipinski definition) is 1. The van der Waals surface area contributed by atoms with Crippen molar-refractivity contribution in [2.24, 2.45) is 11.0 Å². The Balaban J connectivity index is 1.91. The highest BCUT2D eigenvalue weighted by Gasteiger charge is 2.32. The van der Waals surface area contributed by atoms with Gasteiger partial charge in [-0.25, -0.2) is 0 Å². The van der Waals surface area contributed by atoms with Crippen molar-refractivity contribution in [3.63, 3.8) is 0 Å². The zero-order valence-electron chi connectivity index (χ0n) is 11.6. The van der Waals surface area contributed by atoms with Crippen molar-refractivity contribution in [2.75, 3.05) is 18.0 Å². The second-order valence-corrected chi connectivity index (χ2v) is 5.95. The van der Waals surface area contributed by atoms with Crippen LogP contribution in [0.25, 0.3) is 21.6 Å². The lowest BCUT2D eigenvalue weighted by atomic mass is 10.1. The monoisotopic (exact) mass is 360 g/mol. The fraction of sp³-hybridized carbons (Fsp3) is 0.286. The summed E-state index contributed by atoms with van der Waals surface area (Å²) in [5.74, 6) is 0.731. The Morgan fingerprint density at radius 3 is 3.05 bits per heavy atom. The van der Waals surface area contributed by atoms with Gasteiger partial charge in [-0.2, -0.15) is 5.10 Å². The second kappa shape index (κ2) is 6.21. The van der Waals surface area contributed by atoms with Gasteiger partial charge in [0.15, 0.2) is 0 Å². The second-order valence-electron chi connectivity index (χ2n) is 5.10. The molecule has 2 heterocycles. The quantitative estimate of drug-likeness (QED) is 0.512. The first-order chi connectivity index (χ1) is 10.7. The minimum absolute atomic E-state index is 0.00990. The maximum absolute atomic E-state index is 12.2. The number of nitrogens with one attached hydrogen (secondary N) is 1. The maximum atomic E-state index is 12.2. The number of halogens is 1. The summed E-state index contributed by atoms with van der Waals surface area (Å²) in [6, 6.07) is 7.79. The molecule has 112 valence electrons. The minimum atomic E-state index is 0.00990. The fourth-order valence-corrected chi connectivity index (χ4v) is 3.13. The molecule has 0 radical (unpaired) electrons. The number of rotatable bonds is 4. The Bertz CT molecular complexity index is 751. The average Bonchev–Trinajstić information content (AvgIpc) is 3.12. The van der Waals surface area contributed by atoms with Gasteiger partial charge in [0.1, 0.15) is 5.82 Å². The number of aromatic nitrogens is 2. The van der Waals surface area contributed by atoms with Crippen molar-refractivity contribution >= 4 is 27.7 Å². The Hall–Kier alpha value is -2.31. The summed E-state index contributed by atoms with van der Waals surface area (Å²) in [5, 5.41) is 10.6. The third-order valence-corrected chi connectivity index (χ3v) is 4.35. The average molecular weight is 361 g/mol. The van der Waals surface area contributed by atoms with Gasteiger partial charge >= 0.3 is 0 Å². The smallest absolute Gasteiger partial charge is 0.228 e. The van der Waals surface area contributed by atoms with Crippen LogP contribution >= 0.6 is 15.9 Å². The summed E-state index contributed by atoms with van der Waals surface area (Å²) in [6.45, 7) is 0.856. The summed E-state index contributed by atoms with van der Waals surface area (Å²) in [4.78, 5) is 16.7. The Labute approximate surface area is 135 Å². The van der Waals surface area contributed by atoms with E-state index in [9.17, 15) is 4.79 Å². The summed E-state index contributed by atoms with van der Waals surface area (Å²) in [7, 11) is 0.